The predicted molar refractivity (Wildman–Crippen MR) is 58.5 cm³/mol. The molecule has 0 radical (unpaired) electrons. The molecule has 4 nitrogen and oxygen atoms in total. The van der Waals surface area contributed by atoms with Crippen LogP contribution in [0.25, 0.3) is 0 Å². The van der Waals surface area contributed by atoms with E-state index in [0.29, 0.717) is 0 Å². The van der Waals surface area contributed by atoms with Crippen molar-refractivity contribution in [2.45, 2.75) is 31.4 Å². The number of sulfonamides is 1. The lowest BCUT2D eigenvalue weighted by atomic mass is 10.3. The molecule has 0 unspecified atom stereocenters. The van der Waals surface area contributed by atoms with Gasteiger partial charge in [0.15, 0.2) is 0 Å². The molecule has 7 heteroatoms. The Labute approximate surface area is 98.6 Å². The third-order valence-electron chi connectivity index (χ3n) is 1.75. The van der Waals surface area contributed by atoms with Gasteiger partial charge in [-0.2, -0.15) is 8.78 Å². The summed E-state index contributed by atoms with van der Waals surface area (Å²) in [7, 11) is -3.60. The van der Waals surface area contributed by atoms with Crippen LogP contribution in [0.2, 0.25) is 0 Å². The zero-order valence-corrected chi connectivity index (χ0v) is 10.2. The number of alkyl halides is 2. The Morgan fingerprint density at radius 2 is 1.71 bits per heavy atom. The van der Waals surface area contributed by atoms with Gasteiger partial charge in [0.1, 0.15) is 5.75 Å². The summed E-state index contributed by atoms with van der Waals surface area (Å²) in [5.41, 5.74) is 0. The average molecular weight is 265 g/mol. The second kappa shape index (κ2) is 5.42. The fourth-order valence-electron chi connectivity index (χ4n) is 1.18. The SMILES string of the molecule is CC(C)NS(=O)(=O)c1ccc(OC(F)F)cc1. The molecule has 0 bridgehead atoms. The average Bonchev–Trinajstić information content (AvgIpc) is 2.15. The molecule has 1 aromatic carbocycles. The summed E-state index contributed by atoms with van der Waals surface area (Å²) in [5, 5.41) is 0. The molecule has 0 heterocycles. The van der Waals surface area contributed by atoms with E-state index in [-0.39, 0.29) is 16.7 Å². The third kappa shape index (κ3) is 4.27. The fraction of sp³-hybridized carbons (Fsp3) is 0.400. The minimum absolute atomic E-state index is 0.00724. The van der Waals surface area contributed by atoms with E-state index in [0.717, 1.165) is 0 Å². The first kappa shape index (κ1) is 13.9. The van der Waals surface area contributed by atoms with Crippen molar-refractivity contribution in [1.29, 1.82) is 0 Å². The Balaban J connectivity index is 2.87. The van der Waals surface area contributed by atoms with Crippen molar-refractivity contribution in [2.75, 3.05) is 0 Å². The number of ether oxygens (including phenoxy) is 1. The first-order valence-electron chi connectivity index (χ1n) is 4.88. The van der Waals surface area contributed by atoms with Crippen molar-refractivity contribution in [3.63, 3.8) is 0 Å². The van der Waals surface area contributed by atoms with Crippen LogP contribution >= 0.6 is 0 Å². The summed E-state index contributed by atoms with van der Waals surface area (Å²) in [6.07, 6.45) is 0. The minimum Gasteiger partial charge on any atom is -0.435 e. The lowest BCUT2D eigenvalue weighted by Crippen LogP contribution is -2.30. The molecule has 0 spiro atoms. The van der Waals surface area contributed by atoms with Gasteiger partial charge in [0.25, 0.3) is 0 Å². The number of rotatable bonds is 5. The van der Waals surface area contributed by atoms with Crippen molar-refractivity contribution in [1.82, 2.24) is 4.72 Å². The summed E-state index contributed by atoms with van der Waals surface area (Å²) in [4.78, 5) is 0.00724. The van der Waals surface area contributed by atoms with Crippen molar-refractivity contribution >= 4 is 10.0 Å². The van der Waals surface area contributed by atoms with E-state index in [1.807, 2.05) is 0 Å². The molecule has 0 fully saturated rings. The molecule has 0 aliphatic rings. The summed E-state index contributed by atoms with van der Waals surface area (Å²) in [6.45, 7) is 0.448. The van der Waals surface area contributed by atoms with Crippen LogP contribution in [0.5, 0.6) is 5.75 Å². The summed E-state index contributed by atoms with van der Waals surface area (Å²) >= 11 is 0. The van der Waals surface area contributed by atoms with E-state index in [2.05, 4.69) is 9.46 Å². The van der Waals surface area contributed by atoms with Crippen molar-refractivity contribution < 1.29 is 21.9 Å². The van der Waals surface area contributed by atoms with Gasteiger partial charge in [0.05, 0.1) is 4.90 Å². The molecule has 0 saturated heterocycles. The van der Waals surface area contributed by atoms with Gasteiger partial charge >= 0.3 is 6.61 Å². The Kier molecular flexibility index (Phi) is 4.41. The minimum atomic E-state index is -3.60. The van der Waals surface area contributed by atoms with Crippen LogP contribution in [-0.4, -0.2) is 21.1 Å². The summed E-state index contributed by atoms with van der Waals surface area (Å²) in [5.74, 6) is -0.0801. The van der Waals surface area contributed by atoms with E-state index < -0.39 is 16.6 Å². The predicted octanol–water partition coefficient (Wildman–Crippen LogP) is 1.97. The lowest BCUT2D eigenvalue weighted by Gasteiger charge is -2.10. The molecule has 0 aromatic heterocycles. The van der Waals surface area contributed by atoms with Crippen LogP contribution in [0.15, 0.2) is 29.2 Å². The monoisotopic (exact) mass is 265 g/mol. The first-order valence-corrected chi connectivity index (χ1v) is 6.37. The molecule has 0 aliphatic carbocycles. The molecule has 1 N–H and O–H groups in total. The highest BCUT2D eigenvalue weighted by Gasteiger charge is 2.15. The number of halogens is 2. The van der Waals surface area contributed by atoms with Crippen LogP contribution in [0.3, 0.4) is 0 Å². The largest absolute Gasteiger partial charge is 0.435 e. The summed E-state index contributed by atoms with van der Waals surface area (Å²) in [6, 6.07) is 4.55. The third-order valence-corrected chi connectivity index (χ3v) is 3.42. The van der Waals surface area contributed by atoms with E-state index in [4.69, 9.17) is 0 Å². The smallest absolute Gasteiger partial charge is 0.387 e. The highest BCUT2D eigenvalue weighted by atomic mass is 32.2. The molecule has 1 rings (SSSR count). The van der Waals surface area contributed by atoms with Gasteiger partial charge in [-0.05, 0) is 38.1 Å². The fourth-order valence-corrected chi connectivity index (χ4v) is 2.43. The molecule has 1 aromatic rings. The van der Waals surface area contributed by atoms with Crippen LogP contribution < -0.4 is 9.46 Å². The van der Waals surface area contributed by atoms with E-state index >= 15 is 0 Å². The Bertz CT molecular complexity index is 457. The van der Waals surface area contributed by atoms with Crippen molar-refractivity contribution in [3.8, 4) is 5.75 Å². The highest BCUT2D eigenvalue weighted by Crippen LogP contribution is 2.17. The zero-order chi connectivity index (χ0) is 13.1. The highest BCUT2D eigenvalue weighted by molar-refractivity contribution is 7.89. The van der Waals surface area contributed by atoms with Gasteiger partial charge < -0.3 is 4.74 Å². The van der Waals surface area contributed by atoms with Gasteiger partial charge in [-0.15, -0.1) is 0 Å². The van der Waals surface area contributed by atoms with E-state index in [1.54, 1.807) is 13.8 Å². The maximum atomic E-state index is 11.9. The van der Waals surface area contributed by atoms with Gasteiger partial charge in [0.2, 0.25) is 10.0 Å². The van der Waals surface area contributed by atoms with E-state index in [9.17, 15) is 17.2 Å². The standard InChI is InChI=1S/C10H13F2NO3S/c1-7(2)13-17(14,15)9-5-3-8(4-6-9)16-10(11)12/h3-7,10,13H,1-2H3. The van der Waals surface area contributed by atoms with Crippen LogP contribution in [-0.2, 0) is 10.0 Å². The van der Waals surface area contributed by atoms with Crippen LogP contribution in [0.4, 0.5) is 8.78 Å². The summed E-state index contributed by atoms with van der Waals surface area (Å²) < 4.78 is 53.6. The first-order chi connectivity index (χ1) is 7.81. The van der Waals surface area contributed by atoms with Gasteiger partial charge in [-0.1, -0.05) is 0 Å². The lowest BCUT2D eigenvalue weighted by molar-refractivity contribution is -0.0498. The molecule has 0 atom stereocenters. The molecule has 0 saturated carbocycles. The number of nitrogens with one attached hydrogen (secondary N) is 1. The topological polar surface area (TPSA) is 55.4 Å². The van der Waals surface area contributed by atoms with Crippen LogP contribution in [0.1, 0.15) is 13.8 Å². The number of benzene rings is 1. The molecule has 96 valence electrons. The number of hydrogen-bond acceptors (Lipinski definition) is 3. The zero-order valence-electron chi connectivity index (χ0n) is 9.35. The Morgan fingerprint density at radius 3 is 2.12 bits per heavy atom. The second-order valence-electron chi connectivity index (χ2n) is 3.63. The molecule has 17 heavy (non-hydrogen) atoms. The molecule has 0 aliphatic heterocycles. The Morgan fingerprint density at radius 1 is 1.18 bits per heavy atom. The molecular weight excluding hydrogens is 252 g/mol. The van der Waals surface area contributed by atoms with Crippen molar-refractivity contribution in [2.24, 2.45) is 0 Å². The second-order valence-corrected chi connectivity index (χ2v) is 5.34. The molecule has 0 amide bonds. The van der Waals surface area contributed by atoms with Crippen molar-refractivity contribution in [3.05, 3.63) is 24.3 Å². The van der Waals surface area contributed by atoms with Crippen LogP contribution in [0, 0.1) is 0 Å². The van der Waals surface area contributed by atoms with E-state index in [1.165, 1.54) is 24.3 Å². The molecular formula is C10H13F2NO3S. The van der Waals surface area contributed by atoms with Gasteiger partial charge in [-0.3, -0.25) is 0 Å². The maximum Gasteiger partial charge on any atom is 0.387 e. The number of hydrogen-bond donors (Lipinski definition) is 1. The normalized spacial score (nSPS) is 12.1. The quantitative estimate of drug-likeness (QED) is 0.885. The van der Waals surface area contributed by atoms with Gasteiger partial charge in [0, 0.05) is 6.04 Å². The van der Waals surface area contributed by atoms with Gasteiger partial charge in [-0.25, -0.2) is 13.1 Å². The maximum absolute atomic E-state index is 11.9. The Hall–Kier alpha value is -1.21.